The van der Waals surface area contributed by atoms with Gasteiger partial charge in [0, 0.05) is 56.7 Å². The van der Waals surface area contributed by atoms with Gasteiger partial charge in [0.25, 0.3) is 0 Å². The fourth-order valence-corrected chi connectivity index (χ4v) is 2.92. The number of nitrogens with one attached hydrogen (secondary N) is 1. The molecule has 2 amide bonds. The SMILES string of the molecule is O=C(Nc1ccc(-n2cccn2)nc1)N1CCN(c2ccncc2)CC1. The molecule has 0 bridgehead atoms. The summed E-state index contributed by atoms with van der Waals surface area (Å²) in [5.74, 6) is 0.707. The van der Waals surface area contributed by atoms with Crippen LogP contribution < -0.4 is 10.2 Å². The van der Waals surface area contributed by atoms with Crippen molar-refractivity contribution in [2.45, 2.75) is 0 Å². The Morgan fingerprint density at radius 1 is 1.00 bits per heavy atom. The molecule has 0 spiro atoms. The molecule has 0 atom stereocenters. The van der Waals surface area contributed by atoms with Gasteiger partial charge >= 0.3 is 6.03 Å². The van der Waals surface area contributed by atoms with Gasteiger partial charge in [0.1, 0.15) is 0 Å². The molecule has 3 aromatic rings. The van der Waals surface area contributed by atoms with Crippen LogP contribution >= 0.6 is 0 Å². The number of pyridine rings is 2. The van der Waals surface area contributed by atoms with Crippen molar-refractivity contribution in [2.75, 3.05) is 36.4 Å². The standard InChI is InChI=1S/C18H19N7O/c26-18(22-15-2-3-17(20-14-15)25-9-1-6-21-25)24-12-10-23(11-13-24)16-4-7-19-8-5-16/h1-9,14H,10-13H2,(H,22,26). The lowest BCUT2D eigenvalue weighted by Crippen LogP contribution is -2.50. The van der Waals surface area contributed by atoms with Crippen molar-refractivity contribution in [1.29, 1.82) is 0 Å². The van der Waals surface area contributed by atoms with Crippen LogP contribution in [0.1, 0.15) is 0 Å². The summed E-state index contributed by atoms with van der Waals surface area (Å²) in [5.41, 5.74) is 1.81. The van der Waals surface area contributed by atoms with E-state index in [0.29, 0.717) is 24.6 Å². The fourth-order valence-electron chi connectivity index (χ4n) is 2.92. The van der Waals surface area contributed by atoms with E-state index in [1.54, 1.807) is 29.5 Å². The summed E-state index contributed by atoms with van der Waals surface area (Å²) >= 11 is 0. The number of amides is 2. The number of urea groups is 1. The molecular formula is C18H19N7O. The third-order valence-electron chi connectivity index (χ3n) is 4.33. The number of carbonyl (C=O) groups excluding carboxylic acids is 1. The zero-order valence-corrected chi connectivity index (χ0v) is 14.2. The van der Waals surface area contributed by atoms with E-state index in [1.165, 1.54) is 0 Å². The average Bonchev–Trinajstić information content (AvgIpc) is 3.24. The minimum atomic E-state index is -0.104. The van der Waals surface area contributed by atoms with Crippen molar-refractivity contribution in [1.82, 2.24) is 24.6 Å². The molecule has 0 saturated carbocycles. The second kappa shape index (κ2) is 7.22. The molecule has 4 rings (SSSR count). The number of carbonyl (C=O) groups is 1. The van der Waals surface area contributed by atoms with Crippen LogP contribution in [0.15, 0.2) is 61.3 Å². The summed E-state index contributed by atoms with van der Waals surface area (Å²) in [4.78, 5) is 24.9. The third kappa shape index (κ3) is 3.49. The normalized spacial score (nSPS) is 14.3. The zero-order valence-electron chi connectivity index (χ0n) is 14.2. The van der Waals surface area contributed by atoms with Gasteiger partial charge in [0.2, 0.25) is 0 Å². The Bertz CT molecular complexity index is 841. The lowest BCUT2D eigenvalue weighted by molar-refractivity contribution is 0.208. The third-order valence-corrected chi connectivity index (χ3v) is 4.33. The highest BCUT2D eigenvalue weighted by Gasteiger charge is 2.21. The van der Waals surface area contributed by atoms with E-state index in [-0.39, 0.29) is 6.03 Å². The van der Waals surface area contributed by atoms with E-state index < -0.39 is 0 Å². The van der Waals surface area contributed by atoms with Crippen molar-refractivity contribution < 1.29 is 4.79 Å². The summed E-state index contributed by atoms with van der Waals surface area (Å²) in [7, 11) is 0. The van der Waals surface area contributed by atoms with Crippen LogP contribution in [0, 0.1) is 0 Å². The lowest BCUT2D eigenvalue weighted by Gasteiger charge is -2.35. The summed E-state index contributed by atoms with van der Waals surface area (Å²) < 4.78 is 1.67. The number of hydrogen-bond acceptors (Lipinski definition) is 5. The fraction of sp³-hybridized carbons (Fsp3) is 0.222. The number of piperazine rings is 1. The predicted molar refractivity (Wildman–Crippen MR) is 98.4 cm³/mol. The molecule has 0 aromatic carbocycles. The maximum Gasteiger partial charge on any atom is 0.322 e. The largest absolute Gasteiger partial charge is 0.368 e. The Balaban J connectivity index is 1.33. The Kier molecular flexibility index (Phi) is 4.46. The molecule has 0 aliphatic carbocycles. The smallest absolute Gasteiger partial charge is 0.322 e. The molecule has 26 heavy (non-hydrogen) atoms. The van der Waals surface area contributed by atoms with E-state index in [1.807, 2.05) is 41.4 Å². The first kappa shape index (κ1) is 16.1. The zero-order chi connectivity index (χ0) is 17.8. The summed E-state index contributed by atoms with van der Waals surface area (Å²) in [6.45, 7) is 2.95. The van der Waals surface area contributed by atoms with E-state index in [2.05, 4.69) is 25.3 Å². The molecule has 3 aromatic heterocycles. The van der Waals surface area contributed by atoms with Crippen LogP contribution in [0.3, 0.4) is 0 Å². The van der Waals surface area contributed by atoms with Crippen molar-refractivity contribution in [3.05, 3.63) is 61.3 Å². The number of aromatic nitrogens is 4. The van der Waals surface area contributed by atoms with Gasteiger partial charge in [-0.25, -0.2) is 14.5 Å². The van der Waals surface area contributed by atoms with Gasteiger partial charge in [-0.3, -0.25) is 4.98 Å². The van der Waals surface area contributed by atoms with E-state index in [4.69, 9.17) is 0 Å². The summed E-state index contributed by atoms with van der Waals surface area (Å²) in [6, 6.07) is 9.36. The monoisotopic (exact) mass is 349 g/mol. The van der Waals surface area contributed by atoms with Gasteiger partial charge in [-0.15, -0.1) is 0 Å². The minimum Gasteiger partial charge on any atom is -0.368 e. The highest BCUT2D eigenvalue weighted by Crippen LogP contribution is 2.16. The van der Waals surface area contributed by atoms with Crippen LogP contribution in [0.5, 0.6) is 0 Å². The number of anilines is 2. The summed E-state index contributed by atoms with van der Waals surface area (Å²) in [6.07, 6.45) is 8.73. The van der Waals surface area contributed by atoms with Crippen molar-refractivity contribution >= 4 is 17.4 Å². The molecular weight excluding hydrogens is 330 g/mol. The molecule has 1 fully saturated rings. The first-order valence-electron chi connectivity index (χ1n) is 8.46. The number of nitrogens with zero attached hydrogens (tertiary/aromatic N) is 6. The van der Waals surface area contributed by atoms with Crippen LogP contribution in [0.4, 0.5) is 16.2 Å². The van der Waals surface area contributed by atoms with E-state index >= 15 is 0 Å². The van der Waals surface area contributed by atoms with Gasteiger partial charge in [-0.05, 0) is 30.3 Å². The molecule has 1 aliphatic rings. The Morgan fingerprint density at radius 3 is 2.46 bits per heavy atom. The Morgan fingerprint density at radius 2 is 1.81 bits per heavy atom. The average molecular weight is 349 g/mol. The number of rotatable bonds is 3. The molecule has 8 nitrogen and oxygen atoms in total. The van der Waals surface area contributed by atoms with Crippen LogP contribution in [-0.4, -0.2) is 56.9 Å². The predicted octanol–water partition coefficient (Wildman–Crippen LogP) is 2.02. The second-order valence-corrected chi connectivity index (χ2v) is 5.97. The molecule has 0 radical (unpaired) electrons. The first-order chi connectivity index (χ1) is 12.8. The molecule has 1 saturated heterocycles. The first-order valence-corrected chi connectivity index (χ1v) is 8.46. The second-order valence-electron chi connectivity index (χ2n) is 5.97. The van der Waals surface area contributed by atoms with Crippen LogP contribution in [0.2, 0.25) is 0 Å². The van der Waals surface area contributed by atoms with Crippen molar-refractivity contribution in [2.24, 2.45) is 0 Å². The van der Waals surface area contributed by atoms with Crippen molar-refractivity contribution in [3.63, 3.8) is 0 Å². The van der Waals surface area contributed by atoms with Crippen LogP contribution in [0.25, 0.3) is 5.82 Å². The molecule has 1 N–H and O–H groups in total. The van der Waals surface area contributed by atoms with Gasteiger partial charge < -0.3 is 15.1 Å². The molecule has 132 valence electrons. The molecule has 0 unspecified atom stereocenters. The maximum atomic E-state index is 12.5. The molecule has 4 heterocycles. The quantitative estimate of drug-likeness (QED) is 0.782. The van der Waals surface area contributed by atoms with E-state index in [9.17, 15) is 4.79 Å². The van der Waals surface area contributed by atoms with Gasteiger partial charge in [0.05, 0.1) is 11.9 Å². The topological polar surface area (TPSA) is 79.2 Å². The maximum absolute atomic E-state index is 12.5. The number of hydrogen-bond donors (Lipinski definition) is 1. The van der Waals surface area contributed by atoms with E-state index in [0.717, 1.165) is 18.8 Å². The van der Waals surface area contributed by atoms with Gasteiger partial charge in [-0.2, -0.15) is 5.10 Å². The Hall–Kier alpha value is -3.42. The molecule has 1 aliphatic heterocycles. The minimum absolute atomic E-state index is 0.104. The van der Waals surface area contributed by atoms with Gasteiger partial charge in [-0.1, -0.05) is 0 Å². The lowest BCUT2D eigenvalue weighted by atomic mass is 10.3. The van der Waals surface area contributed by atoms with Crippen molar-refractivity contribution in [3.8, 4) is 5.82 Å². The summed E-state index contributed by atoms with van der Waals surface area (Å²) in [5, 5.41) is 7.04. The molecule has 8 heteroatoms. The van der Waals surface area contributed by atoms with Crippen LogP contribution in [-0.2, 0) is 0 Å². The van der Waals surface area contributed by atoms with Gasteiger partial charge in [0.15, 0.2) is 5.82 Å². The Labute approximate surface area is 151 Å². The highest BCUT2D eigenvalue weighted by molar-refractivity contribution is 5.89. The highest BCUT2D eigenvalue weighted by atomic mass is 16.2.